The molecule has 77 valence electrons. The smallest absolute Gasteiger partial charge is 0.0654 e. The van der Waals surface area contributed by atoms with Crippen LogP contribution in [-0.4, -0.2) is 6.54 Å². The zero-order valence-electron chi connectivity index (χ0n) is 8.75. The number of nitrogens with zero attached hydrogens (tertiary/aromatic N) is 1. The Kier molecular flexibility index (Phi) is 5.23. The van der Waals surface area contributed by atoms with E-state index in [0.717, 1.165) is 29.9 Å². The summed E-state index contributed by atoms with van der Waals surface area (Å²) in [6.45, 7) is 3.08. The van der Waals surface area contributed by atoms with Gasteiger partial charge in [0.1, 0.15) is 0 Å². The minimum absolute atomic E-state index is 0.407. The molecule has 0 amide bonds. The van der Waals surface area contributed by atoms with Crippen LogP contribution in [0.15, 0.2) is 30.3 Å². The molecule has 1 radical (unpaired) electrons. The Bertz CT molecular complexity index is 235. The minimum Gasteiger partial charge on any atom is -0.0654 e. The predicted octanol–water partition coefficient (Wildman–Crippen LogP) is 3.40. The summed E-state index contributed by atoms with van der Waals surface area (Å²) < 4.78 is 13.2. The van der Waals surface area contributed by atoms with E-state index in [9.17, 15) is 4.48 Å². The monoisotopic (exact) mass is 195 g/mol. The molecular weight excluding hydrogens is 177 g/mol. The second-order valence-corrected chi connectivity index (χ2v) is 3.54. The van der Waals surface area contributed by atoms with Gasteiger partial charge in [-0.1, -0.05) is 43.7 Å². The Morgan fingerprint density at radius 1 is 1.14 bits per heavy atom. The normalized spacial score (nSPS) is 10.8. The van der Waals surface area contributed by atoms with Gasteiger partial charge in [0.25, 0.3) is 0 Å². The molecule has 14 heavy (non-hydrogen) atoms. The summed E-state index contributed by atoms with van der Waals surface area (Å²) in [6.07, 6.45) is 3.19. The van der Waals surface area contributed by atoms with E-state index in [4.69, 9.17) is 0 Å². The van der Waals surface area contributed by atoms with Gasteiger partial charge in [-0.15, -0.1) is 0 Å². The summed E-state index contributed by atoms with van der Waals surface area (Å²) in [7, 11) is 0. The fourth-order valence-electron chi connectivity index (χ4n) is 1.39. The standard InChI is InChI=1S/C12H18FN/c1-2-3-7-10-14(13)11-12-8-5-4-6-9-12/h4-6,8-9H,2-3,7,10-11H2,1H3/q+1. The van der Waals surface area contributed by atoms with Gasteiger partial charge in [-0.3, -0.25) is 0 Å². The summed E-state index contributed by atoms with van der Waals surface area (Å²) in [5.41, 5.74) is 1.03. The van der Waals surface area contributed by atoms with Crippen molar-refractivity contribution in [2.45, 2.75) is 32.7 Å². The molecule has 0 saturated carbocycles. The van der Waals surface area contributed by atoms with Crippen molar-refractivity contribution in [1.29, 1.82) is 0 Å². The number of halogens is 1. The van der Waals surface area contributed by atoms with Gasteiger partial charge in [0, 0.05) is 12.0 Å². The second kappa shape index (κ2) is 6.55. The SMILES string of the molecule is CCCCC[N+](F)Cc1ccccc1. The molecule has 2 heteroatoms. The maximum atomic E-state index is 13.2. The van der Waals surface area contributed by atoms with Crippen LogP contribution in [0.5, 0.6) is 0 Å². The molecule has 1 rings (SSSR count). The third kappa shape index (κ3) is 4.38. The molecule has 0 aromatic heterocycles. The highest BCUT2D eigenvalue weighted by atomic mass is 19.2. The van der Waals surface area contributed by atoms with E-state index in [2.05, 4.69) is 6.92 Å². The van der Waals surface area contributed by atoms with Crippen molar-refractivity contribution >= 4 is 0 Å². The summed E-state index contributed by atoms with van der Waals surface area (Å²) in [6, 6.07) is 9.73. The van der Waals surface area contributed by atoms with Gasteiger partial charge < -0.3 is 0 Å². The highest BCUT2D eigenvalue weighted by Crippen LogP contribution is 2.04. The largest absolute Gasteiger partial charge is 0.192 e. The summed E-state index contributed by atoms with van der Waals surface area (Å²) >= 11 is 0. The van der Waals surface area contributed by atoms with Crippen LogP contribution in [0.1, 0.15) is 31.7 Å². The molecule has 0 fully saturated rings. The van der Waals surface area contributed by atoms with E-state index < -0.39 is 0 Å². The van der Waals surface area contributed by atoms with Gasteiger partial charge in [-0.05, 0) is 6.42 Å². The van der Waals surface area contributed by atoms with Crippen molar-refractivity contribution in [3.63, 3.8) is 0 Å². The average molecular weight is 195 g/mol. The Morgan fingerprint density at radius 2 is 1.86 bits per heavy atom. The van der Waals surface area contributed by atoms with E-state index in [-0.39, 0.29) is 0 Å². The molecule has 1 aromatic rings. The van der Waals surface area contributed by atoms with Crippen LogP contribution in [0.25, 0.3) is 0 Å². The van der Waals surface area contributed by atoms with Crippen molar-refractivity contribution in [1.82, 2.24) is 5.12 Å². The van der Waals surface area contributed by atoms with Gasteiger partial charge in [0.2, 0.25) is 0 Å². The Morgan fingerprint density at radius 3 is 2.50 bits per heavy atom. The van der Waals surface area contributed by atoms with Crippen LogP contribution in [0, 0.1) is 0 Å². The lowest BCUT2D eigenvalue weighted by molar-refractivity contribution is 0.133. The third-order valence-corrected chi connectivity index (χ3v) is 2.20. The first kappa shape index (κ1) is 11.2. The number of hydrogen-bond donors (Lipinski definition) is 0. The van der Waals surface area contributed by atoms with Crippen molar-refractivity contribution < 1.29 is 4.48 Å². The zero-order valence-corrected chi connectivity index (χ0v) is 8.75. The predicted molar refractivity (Wildman–Crippen MR) is 57.8 cm³/mol. The highest BCUT2D eigenvalue weighted by Gasteiger charge is 2.14. The highest BCUT2D eigenvalue weighted by molar-refractivity contribution is 5.14. The van der Waals surface area contributed by atoms with Crippen LogP contribution >= 0.6 is 0 Å². The number of unbranched alkanes of at least 4 members (excludes halogenated alkanes) is 2. The molecule has 0 saturated heterocycles. The zero-order chi connectivity index (χ0) is 10.2. The molecule has 0 aliphatic carbocycles. The van der Waals surface area contributed by atoms with Crippen LogP contribution in [0.2, 0.25) is 0 Å². The maximum absolute atomic E-state index is 13.2. The van der Waals surface area contributed by atoms with Crippen molar-refractivity contribution in [2.24, 2.45) is 0 Å². The molecular formula is C12H18FN+. The molecule has 0 bridgehead atoms. The maximum Gasteiger partial charge on any atom is 0.192 e. The molecule has 0 atom stereocenters. The quantitative estimate of drug-likeness (QED) is 0.484. The molecule has 0 aliphatic heterocycles. The Hall–Kier alpha value is -0.890. The fourth-order valence-corrected chi connectivity index (χ4v) is 1.39. The summed E-state index contributed by atoms with van der Waals surface area (Å²) in [5.74, 6) is 0. The molecule has 1 nitrogen and oxygen atoms in total. The van der Waals surface area contributed by atoms with Gasteiger partial charge in [-0.25, -0.2) is 0 Å². The number of benzene rings is 1. The number of rotatable bonds is 6. The summed E-state index contributed by atoms with van der Waals surface area (Å²) in [5, 5.41) is 0.894. The van der Waals surface area contributed by atoms with Crippen molar-refractivity contribution in [3.8, 4) is 0 Å². The lowest BCUT2D eigenvalue weighted by Gasteiger charge is -1.99. The van der Waals surface area contributed by atoms with Crippen LogP contribution in [0.3, 0.4) is 0 Å². The van der Waals surface area contributed by atoms with Crippen molar-refractivity contribution in [3.05, 3.63) is 35.9 Å². The molecule has 0 unspecified atom stereocenters. The first-order valence-corrected chi connectivity index (χ1v) is 5.27. The number of hydrogen-bond acceptors (Lipinski definition) is 1. The molecule has 0 N–H and O–H groups in total. The van der Waals surface area contributed by atoms with E-state index in [1.165, 1.54) is 0 Å². The lowest BCUT2D eigenvalue weighted by atomic mass is 10.2. The molecule has 1 aromatic carbocycles. The molecule has 0 aliphatic rings. The van der Waals surface area contributed by atoms with Crippen molar-refractivity contribution in [2.75, 3.05) is 6.54 Å². The van der Waals surface area contributed by atoms with Gasteiger partial charge in [-0.2, -0.15) is 0 Å². The molecule has 0 spiro atoms. The Balaban J connectivity index is 2.23. The Labute approximate surface area is 85.5 Å². The average Bonchev–Trinajstić information content (AvgIpc) is 2.20. The summed E-state index contributed by atoms with van der Waals surface area (Å²) in [4.78, 5) is 0. The first-order valence-electron chi connectivity index (χ1n) is 5.27. The van der Waals surface area contributed by atoms with E-state index in [0.29, 0.717) is 13.1 Å². The van der Waals surface area contributed by atoms with E-state index >= 15 is 0 Å². The van der Waals surface area contributed by atoms with Crippen LogP contribution in [-0.2, 0) is 6.54 Å². The van der Waals surface area contributed by atoms with Gasteiger partial charge >= 0.3 is 0 Å². The minimum atomic E-state index is 0.407. The van der Waals surface area contributed by atoms with Gasteiger partial charge in [0.05, 0.1) is 9.60 Å². The van der Waals surface area contributed by atoms with E-state index in [1.807, 2.05) is 30.3 Å². The first-order chi connectivity index (χ1) is 6.83. The van der Waals surface area contributed by atoms with Gasteiger partial charge in [0.15, 0.2) is 13.1 Å². The topological polar surface area (TPSA) is 5.90 Å². The lowest BCUT2D eigenvalue weighted by Crippen LogP contribution is -2.20. The van der Waals surface area contributed by atoms with E-state index in [1.54, 1.807) is 0 Å². The molecule has 0 heterocycles. The van der Waals surface area contributed by atoms with Crippen LogP contribution in [0.4, 0.5) is 4.48 Å². The third-order valence-electron chi connectivity index (χ3n) is 2.20. The fraction of sp³-hybridized carbons (Fsp3) is 0.500. The van der Waals surface area contributed by atoms with Crippen LogP contribution < -0.4 is 5.12 Å². The second-order valence-electron chi connectivity index (χ2n) is 3.54.